The van der Waals surface area contributed by atoms with Crippen LogP contribution in [0.3, 0.4) is 0 Å². The number of hydrogen-bond donors (Lipinski definition) is 1. The van der Waals surface area contributed by atoms with Crippen molar-refractivity contribution in [2.75, 3.05) is 11.8 Å². The molecule has 0 bridgehead atoms. The molecule has 9 nitrogen and oxygen atoms in total. The first kappa shape index (κ1) is 16.9. The predicted octanol–water partition coefficient (Wildman–Crippen LogP) is 2.44. The van der Waals surface area contributed by atoms with Gasteiger partial charge in [-0.15, -0.1) is 0 Å². The van der Waals surface area contributed by atoms with Gasteiger partial charge in [0.2, 0.25) is 6.79 Å². The maximum absolute atomic E-state index is 12.7. The summed E-state index contributed by atoms with van der Waals surface area (Å²) in [6.45, 7) is -0.0610. The quantitative estimate of drug-likeness (QED) is 0.375. The summed E-state index contributed by atoms with van der Waals surface area (Å²) in [5, 5.41) is 12.8. The maximum atomic E-state index is 12.7. The SMILES string of the molecule is O=C1NN(c2cccc(Cl)c2)C(=O)C1=Cc1cc2c(cc1[N+](=O)[O-])OCO2. The van der Waals surface area contributed by atoms with Crippen LogP contribution in [-0.2, 0) is 9.59 Å². The lowest BCUT2D eigenvalue weighted by Gasteiger charge is -2.14. The number of fused-ring (bicyclic) bond motifs is 1. The molecule has 1 fully saturated rings. The summed E-state index contributed by atoms with van der Waals surface area (Å²) in [5.41, 5.74) is 2.26. The Kier molecular flexibility index (Phi) is 3.93. The van der Waals surface area contributed by atoms with Crippen LogP contribution in [0.2, 0.25) is 5.02 Å². The van der Waals surface area contributed by atoms with Crippen molar-refractivity contribution in [3.05, 3.63) is 62.7 Å². The van der Waals surface area contributed by atoms with Crippen LogP contribution in [0.25, 0.3) is 6.08 Å². The lowest BCUT2D eigenvalue weighted by molar-refractivity contribution is -0.385. The van der Waals surface area contributed by atoms with Gasteiger partial charge in [-0.25, -0.2) is 5.01 Å². The fourth-order valence-corrected chi connectivity index (χ4v) is 2.92. The molecule has 2 aromatic carbocycles. The third kappa shape index (κ3) is 2.93. The van der Waals surface area contributed by atoms with Gasteiger partial charge in [-0.1, -0.05) is 17.7 Å². The molecule has 0 saturated carbocycles. The highest BCUT2D eigenvalue weighted by Crippen LogP contribution is 2.39. The lowest BCUT2D eigenvalue weighted by atomic mass is 10.1. The summed E-state index contributed by atoms with van der Waals surface area (Å²) in [7, 11) is 0. The fraction of sp³-hybridized carbons (Fsp3) is 0.0588. The van der Waals surface area contributed by atoms with Crippen molar-refractivity contribution >= 4 is 40.9 Å². The largest absolute Gasteiger partial charge is 0.454 e. The van der Waals surface area contributed by atoms with E-state index in [0.29, 0.717) is 16.5 Å². The zero-order valence-corrected chi connectivity index (χ0v) is 14.2. The zero-order valence-electron chi connectivity index (χ0n) is 13.5. The molecule has 0 radical (unpaired) electrons. The summed E-state index contributed by atoms with van der Waals surface area (Å²) in [6, 6.07) is 8.90. The number of hydrazine groups is 1. The summed E-state index contributed by atoms with van der Waals surface area (Å²) in [5.74, 6) is -0.822. The van der Waals surface area contributed by atoms with E-state index in [1.54, 1.807) is 18.2 Å². The molecule has 0 aliphatic carbocycles. The zero-order chi connectivity index (χ0) is 19.1. The smallest absolute Gasteiger partial charge is 0.282 e. The average Bonchev–Trinajstić information content (AvgIpc) is 3.20. The van der Waals surface area contributed by atoms with E-state index >= 15 is 0 Å². The highest BCUT2D eigenvalue weighted by Gasteiger charge is 2.35. The molecule has 2 amide bonds. The van der Waals surface area contributed by atoms with Crippen LogP contribution in [0.1, 0.15) is 5.56 Å². The van der Waals surface area contributed by atoms with Crippen molar-refractivity contribution in [1.29, 1.82) is 0 Å². The van der Waals surface area contributed by atoms with Crippen LogP contribution in [0.5, 0.6) is 11.5 Å². The monoisotopic (exact) mass is 387 g/mol. The van der Waals surface area contributed by atoms with Gasteiger partial charge in [0.1, 0.15) is 5.57 Å². The van der Waals surface area contributed by atoms with Gasteiger partial charge >= 0.3 is 0 Å². The third-order valence-corrected chi connectivity index (χ3v) is 4.21. The molecule has 1 saturated heterocycles. The van der Waals surface area contributed by atoms with Gasteiger partial charge in [0.15, 0.2) is 11.5 Å². The number of hydrogen-bond acceptors (Lipinski definition) is 6. The van der Waals surface area contributed by atoms with E-state index in [1.807, 2.05) is 0 Å². The molecule has 0 unspecified atom stereocenters. The standard InChI is InChI=1S/C17H10ClN3O6/c18-10-2-1-3-11(6-10)20-17(23)12(16(22)19-20)4-9-5-14-15(27-8-26-14)7-13(9)21(24)25/h1-7H,8H2,(H,19,22). The molecule has 2 aliphatic rings. The van der Waals surface area contributed by atoms with Crippen molar-refractivity contribution in [1.82, 2.24) is 5.43 Å². The van der Waals surface area contributed by atoms with Gasteiger partial charge < -0.3 is 9.47 Å². The Morgan fingerprint density at radius 1 is 1.19 bits per heavy atom. The molecule has 0 atom stereocenters. The Morgan fingerprint density at radius 2 is 1.93 bits per heavy atom. The number of anilines is 1. The number of halogens is 1. The van der Waals surface area contributed by atoms with Crippen LogP contribution < -0.4 is 19.9 Å². The van der Waals surface area contributed by atoms with Crippen molar-refractivity contribution < 1.29 is 24.0 Å². The second-order valence-corrected chi connectivity index (χ2v) is 6.08. The van der Waals surface area contributed by atoms with E-state index in [2.05, 4.69) is 5.43 Å². The number of amides is 2. The Hall–Kier alpha value is -3.59. The molecule has 0 spiro atoms. The van der Waals surface area contributed by atoms with Gasteiger partial charge in [0.25, 0.3) is 17.5 Å². The molecule has 2 aliphatic heterocycles. The molecular formula is C17H10ClN3O6. The van der Waals surface area contributed by atoms with Gasteiger partial charge in [-0.3, -0.25) is 25.1 Å². The normalized spacial score (nSPS) is 16.8. The minimum absolute atomic E-state index is 0.0516. The van der Waals surface area contributed by atoms with Crippen molar-refractivity contribution in [2.45, 2.75) is 0 Å². The summed E-state index contributed by atoms with van der Waals surface area (Å²) in [6.07, 6.45) is 1.16. The average molecular weight is 388 g/mol. The number of nitro benzene ring substituents is 1. The number of nitrogens with zero attached hydrogens (tertiary/aromatic N) is 2. The fourth-order valence-electron chi connectivity index (χ4n) is 2.73. The maximum Gasteiger partial charge on any atom is 0.282 e. The molecule has 136 valence electrons. The summed E-state index contributed by atoms with van der Waals surface area (Å²) >= 11 is 5.92. The van der Waals surface area contributed by atoms with Crippen LogP contribution in [0.4, 0.5) is 11.4 Å². The number of nitrogens with one attached hydrogen (secondary N) is 1. The molecule has 10 heteroatoms. The number of rotatable bonds is 3. The summed E-state index contributed by atoms with van der Waals surface area (Å²) in [4.78, 5) is 35.7. The number of carbonyl (C=O) groups excluding carboxylic acids is 2. The first-order valence-electron chi connectivity index (χ1n) is 7.65. The predicted molar refractivity (Wildman–Crippen MR) is 94.3 cm³/mol. The minimum Gasteiger partial charge on any atom is -0.454 e. The molecule has 1 N–H and O–H groups in total. The van der Waals surface area contributed by atoms with Crippen molar-refractivity contribution in [2.24, 2.45) is 0 Å². The third-order valence-electron chi connectivity index (χ3n) is 3.98. The number of carbonyl (C=O) groups is 2. The minimum atomic E-state index is -0.688. The number of nitro groups is 1. The number of ether oxygens (including phenoxy) is 2. The van der Waals surface area contributed by atoms with Gasteiger partial charge in [0, 0.05) is 5.02 Å². The molecule has 0 aromatic heterocycles. The lowest BCUT2D eigenvalue weighted by Crippen LogP contribution is -2.35. The first-order chi connectivity index (χ1) is 12.9. The van der Waals surface area contributed by atoms with Crippen LogP contribution >= 0.6 is 11.6 Å². The van der Waals surface area contributed by atoms with Gasteiger partial charge in [0.05, 0.1) is 22.2 Å². The second kappa shape index (κ2) is 6.29. The molecule has 2 aromatic rings. The van der Waals surface area contributed by atoms with E-state index in [-0.39, 0.29) is 29.4 Å². The van der Waals surface area contributed by atoms with E-state index in [1.165, 1.54) is 18.2 Å². The first-order valence-corrected chi connectivity index (χ1v) is 8.02. The van der Waals surface area contributed by atoms with Gasteiger partial charge in [-0.05, 0) is 30.3 Å². The molecule has 4 rings (SSSR count). The van der Waals surface area contributed by atoms with Crippen molar-refractivity contribution in [3.8, 4) is 11.5 Å². The van der Waals surface area contributed by atoms with E-state index < -0.39 is 16.7 Å². The number of benzene rings is 2. The van der Waals surface area contributed by atoms with Crippen molar-refractivity contribution in [3.63, 3.8) is 0 Å². The van der Waals surface area contributed by atoms with E-state index in [4.69, 9.17) is 21.1 Å². The Labute approximate surface area is 156 Å². The highest BCUT2D eigenvalue weighted by molar-refractivity contribution is 6.33. The van der Waals surface area contributed by atoms with Crippen LogP contribution in [-0.4, -0.2) is 23.5 Å². The summed E-state index contributed by atoms with van der Waals surface area (Å²) < 4.78 is 10.3. The molecule has 2 heterocycles. The topological polar surface area (TPSA) is 111 Å². The van der Waals surface area contributed by atoms with Crippen LogP contribution in [0.15, 0.2) is 42.0 Å². The molecular weight excluding hydrogens is 378 g/mol. The van der Waals surface area contributed by atoms with E-state index in [9.17, 15) is 19.7 Å². The second-order valence-electron chi connectivity index (χ2n) is 5.64. The van der Waals surface area contributed by atoms with Crippen LogP contribution in [0, 0.1) is 10.1 Å². The van der Waals surface area contributed by atoms with E-state index in [0.717, 1.165) is 11.1 Å². The highest BCUT2D eigenvalue weighted by atomic mass is 35.5. The Balaban J connectivity index is 1.75. The van der Waals surface area contributed by atoms with Gasteiger partial charge in [-0.2, -0.15) is 0 Å². The Bertz CT molecular complexity index is 1040. The molecule has 27 heavy (non-hydrogen) atoms. The Morgan fingerprint density at radius 3 is 2.63 bits per heavy atom.